The summed E-state index contributed by atoms with van der Waals surface area (Å²) in [4.78, 5) is 4.32. The van der Waals surface area contributed by atoms with Crippen molar-refractivity contribution in [3.63, 3.8) is 0 Å². The van der Waals surface area contributed by atoms with Gasteiger partial charge in [0, 0.05) is 5.69 Å². The molecule has 0 atom stereocenters. The van der Waals surface area contributed by atoms with Gasteiger partial charge in [-0.3, -0.25) is 0 Å². The lowest BCUT2D eigenvalue weighted by Crippen LogP contribution is -2.05. The maximum atomic E-state index is 13.1. The van der Waals surface area contributed by atoms with Gasteiger partial charge < -0.3 is 15.8 Å². The van der Waals surface area contributed by atoms with Crippen LogP contribution in [-0.2, 0) is 0 Å². The van der Waals surface area contributed by atoms with Gasteiger partial charge >= 0.3 is 0 Å². The quantitative estimate of drug-likeness (QED) is 0.877. The molecule has 1 aromatic heterocycles. The van der Waals surface area contributed by atoms with Crippen LogP contribution in [0.4, 0.5) is 21.6 Å². The summed E-state index contributed by atoms with van der Waals surface area (Å²) in [5, 5.41) is 3.10. The van der Waals surface area contributed by atoms with E-state index in [2.05, 4.69) is 10.3 Å². The summed E-state index contributed by atoms with van der Waals surface area (Å²) in [7, 11) is 0. The van der Waals surface area contributed by atoms with E-state index >= 15 is 0 Å². The lowest BCUT2D eigenvalue weighted by atomic mass is 10.3. The Hall–Kier alpha value is -2.01. The van der Waals surface area contributed by atoms with Crippen molar-refractivity contribution in [2.75, 3.05) is 17.7 Å². The van der Waals surface area contributed by atoms with Gasteiger partial charge in [0.2, 0.25) is 5.88 Å². The number of nitrogens with zero attached hydrogens (tertiary/aromatic N) is 1. The molecule has 0 amide bonds. The number of halogens is 2. The molecule has 110 valence electrons. The number of rotatable bonds is 5. The highest BCUT2D eigenvalue weighted by Gasteiger charge is 2.22. The topological polar surface area (TPSA) is 60.2 Å². The van der Waals surface area contributed by atoms with Gasteiger partial charge in [0.1, 0.15) is 11.6 Å². The normalized spacial score (nSPS) is 14.0. The maximum absolute atomic E-state index is 13.1. The van der Waals surface area contributed by atoms with E-state index in [1.165, 1.54) is 25.0 Å². The fourth-order valence-corrected chi connectivity index (χ4v) is 2.02. The molecule has 1 fully saturated rings. The van der Waals surface area contributed by atoms with Gasteiger partial charge in [-0.1, -0.05) is 11.6 Å². The van der Waals surface area contributed by atoms with Crippen molar-refractivity contribution in [2.24, 2.45) is 5.92 Å². The van der Waals surface area contributed by atoms with Crippen molar-refractivity contribution in [3.8, 4) is 5.88 Å². The summed E-state index contributed by atoms with van der Waals surface area (Å²) >= 11 is 5.75. The second kappa shape index (κ2) is 5.77. The predicted molar refractivity (Wildman–Crippen MR) is 81.6 cm³/mol. The summed E-state index contributed by atoms with van der Waals surface area (Å²) < 4.78 is 18.7. The number of nitrogens with one attached hydrogen (secondary N) is 1. The van der Waals surface area contributed by atoms with Crippen LogP contribution in [0.5, 0.6) is 5.88 Å². The van der Waals surface area contributed by atoms with Crippen molar-refractivity contribution in [1.29, 1.82) is 0 Å². The minimum absolute atomic E-state index is 0.0562. The van der Waals surface area contributed by atoms with E-state index in [9.17, 15) is 4.39 Å². The Bertz CT molecular complexity index is 661. The first kappa shape index (κ1) is 13.9. The standard InChI is InChI=1S/C15H15ClFN3O/c16-11-7-10(3-4-12(11)17)19-14-6-5-13(18)15(20-14)21-8-9-1-2-9/h3-7,9H,1-2,8,18H2,(H,19,20). The van der Waals surface area contributed by atoms with Crippen molar-refractivity contribution in [1.82, 2.24) is 4.98 Å². The molecule has 3 rings (SSSR count). The lowest BCUT2D eigenvalue weighted by molar-refractivity contribution is 0.290. The minimum atomic E-state index is -0.457. The maximum Gasteiger partial charge on any atom is 0.239 e. The molecule has 4 nitrogen and oxygen atoms in total. The summed E-state index contributed by atoms with van der Waals surface area (Å²) in [6.45, 7) is 0.642. The zero-order chi connectivity index (χ0) is 14.8. The molecule has 1 saturated carbocycles. The van der Waals surface area contributed by atoms with Crippen LogP contribution in [0.15, 0.2) is 30.3 Å². The Labute approximate surface area is 127 Å². The largest absolute Gasteiger partial charge is 0.476 e. The molecule has 0 saturated heterocycles. The molecule has 0 spiro atoms. The second-order valence-corrected chi connectivity index (χ2v) is 5.51. The number of pyridine rings is 1. The first-order valence-corrected chi connectivity index (χ1v) is 7.11. The molecule has 0 unspecified atom stereocenters. The minimum Gasteiger partial charge on any atom is -0.476 e. The fourth-order valence-electron chi connectivity index (χ4n) is 1.84. The van der Waals surface area contributed by atoms with E-state index in [0.717, 1.165) is 0 Å². The molecule has 1 aliphatic rings. The summed E-state index contributed by atoms with van der Waals surface area (Å²) in [6.07, 6.45) is 2.40. The molecule has 1 aromatic carbocycles. The van der Waals surface area contributed by atoms with Crippen molar-refractivity contribution < 1.29 is 9.13 Å². The average molecular weight is 308 g/mol. The van der Waals surface area contributed by atoms with E-state index in [4.69, 9.17) is 22.1 Å². The summed E-state index contributed by atoms with van der Waals surface area (Å²) in [6, 6.07) is 7.84. The Morgan fingerprint density at radius 1 is 1.33 bits per heavy atom. The van der Waals surface area contributed by atoms with Crippen molar-refractivity contribution in [3.05, 3.63) is 41.2 Å². The van der Waals surface area contributed by atoms with Gasteiger partial charge in [-0.15, -0.1) is 0 Å². The Morgan fingerprint density at radius 2 is 2.14 bits per heavy atom. The monoisotopic (exact) mass is 307 g/mol. The molecule has 6 heteroatoms. The van der Waals surface area contributed by atoms with Crippen LogP contribution < -0.4 is 15.8 Å². The Kier molecular flexibility index (Phi) is 3.84. The SMILES string of the molecule is Nc1ccc(Nc2ccc(F)c(Cl)c2)nc1OCC1CC1. The van der Waals surface area contributed by atoms with Gasteiger partial charge in [-0.2, -0.15) is 4.98 Å². The first-order chi connectivity index (χ1) is 10.1. The predicted octanol–water partition coefficient (Wildman–Crippen LogP) is 3.99. The molecule has 3 N–H and O–H groups in total. The van der Waals surface area contributed by atoms with Crippen molar-refractivity contribution in [2.45, 2.75) is 12.8 Å². The lowest BCUT2D eigenvalue weighted by Gasteiger charge is -2.11. The molecular formula is C15H15ClFN3O. The zero-order valence-electron chi connectivity index (χ0n) is 11.3. The third-order valence-corrected chi connectivity index (χ3v) is 3.52. The smallest absolute Gasteiger partial charge is 0.239 e. The van der Waals surface area contributed by atoms with E-state index in [1.807, 2.05) is 0 Å². The number of ether oxygens (including phenoxy) is 1. The summed E-state index contributed by atoms with van der Waals surface area (Å²) in [5.41, 5.74) is 6.99. The van der Waals surface area contributed by atoms with Gasteiger partial charge in [0.15, 0.2) is 0 Å². The molecule has 0 aliphatic heterocycles. The number of hydrogen-bond donors (Lipinski definition) is 2. The van der Waals surface area contributed by atoms with Crippen LogP contribution in [0.2, 0.25) is 5.02 Å². The van der Waals surface area contributed by atoms with E-state index in [0.29, 0.717) is 35.6 Å². The van der Waals surface area contributed by atoms with Crippen LogP contribution in [0.3, 0.4) is 0 Å². The zero-order valence-corrected chi connectivity index (χ0v) is 12.0. The van der Waals surface area contributed by atoms with Crippen LogP contribution in [0.1, 0.15) is 12.8 Å². The molecule has 0 bridgehead atoms. The highest BCUT2D eigenvalue weighted by atomic mass is 35.5. The number of nitrogens with two attached hydrogens (primary N) is 1. The van der Waals surface area contributed by atoms with Crippen LogP contribution in [0, 0.1) is 11.7 Å². The third kappa shape index (κ3) is 3.55. The van der Waals surface area contributed by atoms with Gasteiger partial charge in [0.05, 0.1) is 17.3 Å². The van der Waals surface area contributed by atoms with E-state index in [1.54, 1.807) is 18.2 Å². The van der Waals surface area contributed by atoms with E-state index in [-0.39, 0.29) is 5.02 Å². The molecule has 21 heavy (non-hydrogen) atoms. The number of anilines is 3. The number of aromatic nitrogens is 1. The third-order valence-electron chi connectivity index (χ3n) is 3.23. The average Bonchev–Trinajstić information content (AvgIpc) is 3.28. The number of nitrogen functional groups attached to an aromatic ring is 1. The van der Waals surface area contributed by atoms with E-state index < -0.39 is 5.82 Å². The van der Waals surface area contributed by atoms with Gasteiger partial charge in [-0.25, -0.2) is 4.39 Å². The molecule has 1 heterocycles. The van der Waals surface area contributed by atoms with Crippen LogP contribution >= 0.6 is 11.6 Å². The highest BCUT2D eigenvalue weighted by Crippen LogP contribution is 2.31. The number of hydrogen-bond acceptors (Lipinski definition) is 4. The fraction of sp³-hybridized carbons (Fsp3) is 0.267. The molecule has 2 aromatic rings. The molecular weight excluding hydrogens is 293 g/mol. The van der Waals surface area contributed by atoms with Gasteiger partial charge in [0.25, 0.3) is 0 Å². The second-order valence-electron chi connectivity index (χ2n) is 5.10. The molecule has 0 radical (unpaired) electrons. The highest BCUT2D eigenvalue weighted by molar-refractivity contribution is 6.31. The van der Waals surface area contributed by atoms with Crippen LogP contribution in [-0.4, -0.2) is 11.6 Å². The van der Waals surface area contributed by atoms with Gasteiger partial charge in [-0.05, 0) is 49.1 Å². The first-order valence-electron chi connectivity index (χ1n) is 6.73. The Morgan fingerprint density at radius 3 is 2.86 bits per heavy atom. The molecule has 1 aliphatic carbocycles. The van der Waals surface area contributed by atoms with Crippen molar-refractivity contribution >= 4 is 28.8 Å². The Balaban J connectivity index is 1.74. The number of benzene rings is 1. The summed E-state index contributed by atoms with van der Waals surface area (Å²) in [5.74, 6) is 1.15. The van der Waals surface area contributed by atoms with Crippen LogP contribution in [0.25, 0.3) is 0 Å².